The van der Waals surface area contributed by atoms with Gasteiger partial charge in [0, 0.05) is 6.04 Å². The van der Waals surface area contributed by atoms with Crippen molar-refractivity contribution in [2.45, 2.75) is 24.3 Å². The van der Waals surface area contributed by atoms with E-state index < -0.39 is 25.9 Å². The molecule has 1 heterocycles. The molecule has 0 aliphatic carbocycles. The van der Waals surface area contributed by atoms with Crippen LogP contribution in [0.3, 0.4) is 0 Å². The zero-order chi connectivity index (χ0) is 13.4. The molecule has 0 spiro atoms. The summed E-state index contributed by atoms with van der Waals surface area (Å²) in [6.07, 6.45) is 0.341. The monoisotopic (exact) mass is 289 g/mol. The Morgan fingerprint density at radius 1 is 1.22 bits per heavy atom. The smallest absolute Gasteiger partial charge is 0.229 e. The highest BCUT2D eigenvalue weighted by Gasteiger charge is 2.31. The summed E-state index contributed by atoms with van der Waals surface area (Å²) < 4.78 is 49.0. The SMILES string of the molecule is Cc1ccc(S(=O)(=O)N[C@H]2CCS(=O)(=O)C2)cc1. The van der Waals surface area contributed by atoms with E-state index in [0.29, 0.717) is 6.42 Å². The summed E-state index contributed by atoms with van der Waals surface area (Å²) in [5, 5.41) is 0. The van der Waals surface area contributed by atoms with Crippen LogP contribution in [0, 0.1) is 6.92 Å². The van der Waals surface area contributed by atoms with Gasteiger partial charge in [0.15, 0.2) is 9.84 Å². The molecule has 7 heteroatoms. The molecule has 0 amide bonds. The summed E-state index contributed by atoms with van der Waals surface area (Å²) in [5.74, 6) is -0.0633. The predicted octanol–water partition coefficient (Wildman–Crippen LogP) is 0.460. The third-order valence-electron chi connectivity index (χ3n) is 2.89. The molecule has 1 aliphatic rings. The highest BCUT2D eigenvalue weighted by atomic mass is 32.2. The average Bonchev–Trinajstić information content (AvgIpc) is 2.57. The van der Waals surface area contributed by atoms with Gasteiger partial charge in [-0.1, -0.05) is 17.7 Å². The maximum absolute atomic E-state index is 12.0. The molecule has 1 saturated heterocycles. The lowest BCUT2D eigenvalue weighted by Gasteiger charge is -2.11. The molecular weight excluding hydrogens is 274 g/mol. The minimum absolute atomic E-state index is 0.0497. The molecule has 0 aromatic heterocycles. The minimum atomic E-state index is -3.63. The number of sulfone groups is 1. The van der Waals surface area contributed by atoms with Crippen molar-refractivity contribution >= 4 is 19.9 Å². The molecule has 1 fully saturated rings. The van der Waals surface area contributed by atoms with Gasteiger partial charge in [-0.15, -0.1) is 0 Å². The number of benzene rings is 1. The molecule has 2 rings (SSSR count). The first-order valence-corrected chi connectivity index (χ1v) is 8.88. The Balaban J connectivity index is 2.16. The standard InChI is InChI=1S/C11H15NO4S2/c1-9-2-4-11(5-3-9)18(15,16)12-10-6-7-17(13,14)8-10/h2-5,10,12H,6-8H2,1H3/t10-/m0/s1. The van der Waals surface area contributed by atoms with Crippen molar-refractivity contribution in [3.8, 4) is 0 Å². The fraction of sp³-hybridized carbons (Fsp3) is 0.455. The first kappa shape index (κ1) is 13.5. The fourth-order valence-electron chi connectivity index (χ4n) is 1.89. The zero-order valence-corrected chi connectivity index (χ0v) is 11.6. The highest BCUT2D eigenvalue weighted by molar-refractivity contribution is 7.92. The number of hydrogen-bond acceptors (Lipinski definition) is 4. The molecule has 1 N–H and O–H groups in total. The second kappa shape index (κ2) is 4.64. The molecule has 0 bridgehead atoms. The number of sulfonamides is 1. The van der Waals surface area contributed by atoms with Gasteiger partial charge in [-0.25, -0.2) is 21.6 Å². The number of aryl methyl sites for hydroxylation is 1. The van der Waals surface area contributed by atoms with Gasteiger partial charge in [0.25, 0.3) is 0 Å². The molecule has 0 unspecified atom stereocenters. The van der Waals surface area contributed by atoms with E-state index in [2.05, 4.69) is 4.72 Å². The average molecular weight is 289 g/mol. The molecule has 5 nitrogen and oxygen atoms in total. The first-order valence-electron chi connectivity index (χ1n) is 5.58. The Hall–Kier alpha value is -0.920. The van der Waals surface area contributed by atoms with Crippen molar-refractivity contribution in [1.82, 2.24) is 4.72 Å². The van der Waals surface area contributed by atoms with Crippen LogP contribution in [-0.4, -0.2) is 34.4 Å². The van der Waals surface area contributed by atoms with E-state index in [1.165, 1.54) is 12.1 Å². The second-order valence-electron chi connectivity index (χ2n) is 4.53. The molecule has 1 atom stereocenters. The Morgan fingerprint density at radius 3 is 2.33 bits per heavy atom. The summed E-state index contributed by atoms with van der Waals surface area (Å²) in [6.45, 7) is 1.87. The second-order valence-corrected chi connectivity index (χ2v) is 8.48. The van der Waals surface area contributed by atoms with Gasteiger partial charge in [-0.05, 0) is 25.5 Å². The molecule has 0 radical (unpaired) electrons. The summed E-state index contributed by atoms with van der Waals surface area (Å²) in [5.41, 5.74) is 0.970. The van der Waals surface area contributed by atoms with Gasteiger partial charge in [0.2, 0.25) is 10.0 Å². The Bertz CT molecular complexity index is 632. The van der Waals surface area contributed by atoms with Crippen molar-refractivity contribution in [3.05, 3.63) is 29.8 Å². The molecule has 1 aromatic rings. The van der Waals surface area contributed by atoms with Crippen LogP contribution in [0.25, 0.3) is 0 Å². The summed E-state index contributed by atoms with van der Waals surface area (Å²) in [4.78, 5) is 0.164. The summed E-state index contributed by atoms with van der Waals surface area (Å²) in [7, 11) is -6.71. The van der Waals surface area contributed by atoms with Gasteiger partial charge < -0.3 is 0 Å². The largest absolute Gasteiger partial charge is 0.240 e. The zero-order valence-electron chi connectivity index (χ0n) is 9.96. The molecule has 100 valence electrons. The van der Waals surface area contributed by atoms with E-state index in [1.54, 1.807) is 12.1 Å². The van der Waals surface area contributed by atoms with Gasteiger partial charge in [0.1, 0.15) is 0 Å². The van der Waals surface area contributed by atoms with Crippen LogP contribution in [0.1, 0.15) is 12.0 Å². The Kier molecular flexibility index (Phi) is 3.48. The van der Waals surface area contributed by atoms with Crippen LogP contribution in [0.15, 0.2) is 29.2 Å². The van der Waals surface area contributed by atoms with E-state index in [1.807, 2.05) is 6.92 Å². The maximum Gasteiger partial charge on any atom is 0.240 e. The van der Waals surface area contributed by atoms with Crippen LogP contribution in [0.5, 0.6) is 0 Å². The van der Waals surface area contributed by atoms with Gasteiger partial charge in [-0.2, -0.15) is 0 Å². The quantitative estimate of drug-likeness (QED) is 0.876. The lowest BCUT2D eigenvalue weighted by molar-refractivity contribution is 0.562. The van der Waals surface area contributed by atoms with E-state index in [4.69, 9.17) is 0 Å². The number of rotatable bonds is 3. The topological polar surface area (TPSA) is 80.3 Å². The van der Waals surface area contributed by atoms with Gasteiger partial charge in [0.05, 0.1) is 16.4 Å². The van der Waals surface area contributed by atoms with Gasteiger partial charge in [-0.3, -0.25) is 0 Å². The number of hydrogen-bond donors (Lipinski definition) is 1. The molecular formula is C11H15NO4S2. The van der Waals surface area contributed by atoms with Crippen LogP contribution in [0.4, 0.5) is 0 Å². The Morgan fingerprint density at radius 2 is 1.83 bits per heavy atom. The van der Waals surface area contributed by atoms with Crippen molar-refractivity contribution in [2.24, 2.45) is 0 Å². The molecule has 1 aliphatic heterocycles. The third-order valence-corrected chi connectivity index (χ3v) is 6.19. The lowest BCUT2D eigenvalue weighted by Crippen LogP contribution is -2.35. The predicted molar refractivity (Wildman–Crippen MR) is 68.6 cm³/mol. The minimum Gasteiger partial charge on any atom is -0.229 e. The highest BCUT2D eigenvalue weighted by Crippen LogP contribution is 2.16. The molecule has 1 aromatic carbocycles. The van der Waals surface area contributed by atoms with Crippen molar-refractivity contribution in [3.63, 3.8) is 0 Å². The van der Waals surface area contributed by atoms with E-state index >= 15 is 0 Å². The lowest BCUT2D eigenvalue weighted by atomic mass is 10.2. The van der Waals surface area contributed by atoms with Crippen LogP contribution in [0.2, 0.25) is 0 Å². The van der Waals surface area contributed by atoms with Crippen LogP contribution < -0.4 is 4.72 Å². The summed E-state index contributed by atoms with van der Waals surface area (Å²) in [6, 6.07) is 5.93. The van der Waals surface area contributed by atoms with Gasteiger partial charge >= 0.3 is 0 Å². The normalized spacial score (nSPS) is 23.1. The third kappa shape index (κ3) is 3.09. The summed E-state index contributed by atoms with van der Waals surface area (Å²) >= 11 is 0. The first-order chi connectivity index (χ1) is 8.28. The van der Waals surface area contributed by atoms with Crippen molar-refractivity contribution < 1.29 is 16.8 Å². The van der Waals surface area contributed by atoms with Crippen molar-refractivity contribution in [1.29, 1.82) is 0 Å². The van der Waals surface area contributed by atoms with Crippen molar-refractivity contribution in [2.75, 3.05) is 11.5 Å². The molecule has 18 heavy (non-hydrogen) atoms. The Labute approximate surface area is 107 Å². The number of nitrogens with one attached hydrogen (secondary N) is 1. The van der Waals surface area contributed by atoms with E-state index in [9.17, 15) is 16.8 Å². The fourth-order valence-corrected chi connectivity index (χ4v) is 4.94. The van der Waals surface area contributed by atoms with Crippen LogP contribution in [-0.2, 0) is 19.9 Å². The van der Waals surface area contributed by atoms with Crippen LogP contribution >= 0.6 is 0 Å². The van der Waals surface area contributed by atoms with E-state index in [-0.39, 0.29) is 16.4 Å². The maximum atomic E-state index is 12.0. The van der Waals surface area contributed by atoms with E-state index in [0.717, 1.165) is 5.56 Å². The molecule has 0 saturated carbocycles.